The van der Waals surface area contributed by atoms with Crippen LogP contribution in [0, 0.1) is 17.8 Å². The molecule has 1 aliphatic carbocycles. The first-order valence-corrected chi connectivity index (χ1v) is 18.6. The minimum Gasteiger partial charge on any atom is -0.390 e. The van der Waals surface area contributed by atoms with Gasteiger partial charge in [0.05, 0.1) is 36.6 Å². The fourth-order valence-electron chi connectivity index (χ4n) is 6.88. The second kappa shape index (κ2) is 21.1. The van der Waals surface area contributed by atoms with E-state index >= 15 is 0 Å². The summed E-state index contributed by atoms with van der Waals surface area (Å²) in [6.45, 7) is 3.11. The van der Waals surface area contributed by atoms with Gasteiger partial charge in [0, 0.05) is 24.5 Å². The van der Waals surface area contributed by atoms with Gasteiger partial charge in [-0.25, -0.2) is 4.98 Å². The second-order valence-electron chi connectivity index (χ2n) is 14.1. The molecule has 4 amide bonds. The number of carbonyl (C=O) groups excluding carboxylic acids is 4. The number of H-pyrrole nitrogens is 1. The molecule has 0 saturated heterocycles. The van der Waals surface area contributed by atoms with Crippen LogP contribution in [-0.4, -0.2) is 90.8 Å². The number of aliphatic hydroxyl groups is 3. The molecule has 1 saturated carbocycles. The minimum atomic E-state index is -1.66. The van der Waals surface area contributed by atoms with E-state index in [1.807, 2.05) is 50.2 Å². The molecule has 2 heterocycles. The zero-order valence-corrected chi connectivity index (χ0v) is 30.6. The van der Waals surface area contributed by atoms with Gasteiger partial charge < -0.3 is 41.6 Å². The van der Waals surface area contributed by atoms with Gasteiger partial charge in [-0.2, -0.15) is 0 Å². The summed E-state index contributed by atoms with van der Waals surface area (Å²) in [7, 11) is 0. The van der Waals surface area contributed by atoms with E-state index in [1.165, 1.54) is 12.5 Å². The molecule has 0 spiro atoms. The highest BCUT2D eigenvalue weighted by atomic mass is 16.3. The molecule has 14 nitrogen and oxygen atoms in total. The fourth-order valence-corrected chi connectivity index (χ4v) is 6.88. The molecule has 2 aromatic heterocycles. The Hall–Kier alpha value is -4.66. The van der Waals surface area contributed by atoms with Crippen LogP contribution in [-0.2, 0) is 38.6 Å². The summed E-state index contributed by atoms with van der Waals surface area (Å²) in [5, 5.41) is 44.5. The van der Waals surface area contributed by atoms with Crippen LogP contribution >= 0.6 is 0 Å². The van der Waals surface area contributed by atoms with Crippen LogP contribution < -0.4 is 21.3 Å². The van der Waals surface area contributed by atoms with Crippen molar-refractivity contribution in [2.75, 3.05) is 6.61 Å². The molecule has 0 bridgehead atoms. The van der Waals surface area contributed by atoms with Gasteiger partial charge >= 0.3 is 0 Å². The third kappa shape index (κ3) is 12.8. The van der Waals surface area contributed by atoms with Crippen LogP contribution in [0.1, 0.15) is 75.7 Å². The van der Waals surface area contributed by atoms with Crippen molar-refractivity contribution in [3.05, 3.63) is 84.2 Å². The Labute approximate surface area is 311 Å². The lowest BCUT2D eigenvalue weighted by Gasteiger charge is -2.36. The maximum Gasteiger partial charge on any atom is 0.246 e. The number of carbonyl (C=O) groups is 4. The average molecular weight is 734 g/mol. The third-order valence-corrected chi connectivity index (χ3v) is 10.2. The quantitative estimate of drug-likeness (QED) is 0.0847. The largest absolute Gasteiger partial charge is 0.390 e. The monoisotopic (exact) mass is 733 g/mol. The number of benzene rings is 1. The maximum atomic E-state index is 14.2. The number of imidazole rings is 1. The highest BCUT2D eigenvalue weighted by Gasteiger charge is 2.40. The lowest BCUT2D eigenvalue weighted by molar-refractivity contribution is -0.139. The van der Waals surface area contributed by atoms with Crippen molar-refractivity contribution in [1.82, 2.24) is 36.2 Å². The van der Waals surface area contributed by atoms with E-state index in [-0.39, 0.29) is 31.2 Å². The van der Waals surface area contributed by atoms with Crippen molar-refractivity contribution in [2.24, 2.45) is 17.8 Å². The minimum absolute atomic E-state index is 0.0325. The van der Waals surface area contributed by atoms with Crippen molar-refractivity contribution in [3.63, 3.8) is 0 Å². The number of nitrogens with one attached hydrogen (secondary N) is 5. The highest BCUT2D eigenvalue weighted by molar-refractivity contribution is 5.89. The zero-order valence-electron chi connectivity index (χ0n) is 30.6. The van der Waals surface area contributed by atoms with Gasteiger partial charge in [0.2, 0.25) is 23.6 Å². The first-order valence-electron chi connectivity index (χ1n) is 18.6. The smallest absolute Gasteiger partial charge is 0.246 e. The van der Waals surface area contributed by atoms with Crippen molar-refractivity contribution in [3.8, 4) is 0 Å². The normalized spacial score (nSPS) is 17.3. The summed E-state index contributed by atoms with van der Waals surface area (Å²) in [5.41, 5.74) is 1.95. The second-order valence-corrected chi connectivity index (χ2v) is 14.1. The number of aliphatic hydroxyl groups excluding tert-OH is 3. The van der Waals surface area contributed by atoms with E-state index in [2.05, 4.69) is 36.2 Å². The molecule has 1 aromatic carbocycles. The topological polar surface area (TPSA) is 219 Å². The van der Waals surface area contributed by atoms with Crippen molar-refractivity contribution >= 4 is 23.6 Å². The Balaban J connectivity index is 1.59. The molecule has 8 N–H and O–H groups in total. The number of pyridine rings is 1. The van der Waals surface area contributed by atoms with Crippen LogP contribution in [0.4, 0.5) is 0 Å². The fraction of sp³-hybridized carbons (Fsp3) is 0.538. The summed E-state index contributed by atoms with van der Waals surface area (Å²) in [4.78, 5) is 64.9. The van der Waals surface area contributed by atoms with Gasteiger partial charge in [-0.15, -0.1) is 0 Å². The SMILES string of the molecule is CC[C@H](C)[C@H](NC(=O)[C@H](Cc1ccccc1)[C@@H](O)[C@H](O)[C@H](CC1CCCCC1)NC(=O)[C@H](Cc1cnc[nH]1)NC(=O)CO)C(=O)NCc1ccccn1. The first-order chi connectivity index (χ1) is 25.6. The first kappa shape index (κ1) is 41.1. The van der Waals surface area contributed by atoms with Gasteiger partial charge in [-0.3, -0.25) is 24.2 Å². The molecule has 3 aromatic rings. The van der Waals surface area contributed by atoms with Crippen LogP contribution in [0.15, 0.2) is 67.3 Å². The van der Waals surface area contributed by atoms with E-state index in [9.17, 15) is 34.5 Å². The molecule has 1 fully saturated rings. The summed E-state index contributed by atoms with van der Waals surface area (Å²) < 4.78 is 0. The molecule has 0 radical (unpaired) electrons. The number of nitrogens with zero attached hydrogens (tertiary/aromatic N) is 2. The number of amides is 4. The summed E-state index contributed by atoms with van der Waals surface area (Å²) >= 11 is 0. The number of aromatic amines is 1. The average Bonchev–Trinajstić information content (AvgIpc) is 3.71. The number of rotatable bonds is 20. The van der Waals surface area contributed by atoms with Crippen LogP contribution in [0.3, 0.4) is 0 Å². The van der Waals surface area contributed by atoms with Gasteiger partial charge in [0.25, 0.3) is 0 Å². The molecule has 288 valence electrons. The standard InChI is InChI=1S/C39H55N7O7/c1-3-25(2)34(39(53)42-22-28-16-10-11-17-41-28)46-37(51)30(18-26-12-6-4-7-13-26)35(49)36(50)31(19-27-14-8-5-9-15-27)45-38(52)32(44-33(48)23-47)20-29-21-40-24-43-29/h4,6-7,10-13,16-17,21,24-25,27,30-32,34-36,47,49-50H,3,5,8-9,14-15,18-20,22-23H2,1-2H3,(H,40,43)(H,42,53)(H,44,48)(H,45,52)(H,46,51)/t25-,30+,31-,32-,34-,35+,36+/m0/s1. The Morgan fingerprint density at radius 1 is 0.887 bits per heavy atom. The molecule has 0 unspecified atom stereocenters. The van der Waals surface area contributed by atoms with Crippen molar-refractivity contribution in [2.45, 2.75) is 109 Å². The molecule has 53 heavy (non-hydrogen) atoms. The predicted octanol–water partition coefficient (Wildman–Crippen LogP) is 1.71. The number of hydrogen-bond donors (Lipinski definition) is 8. The molecular weight excluding hydrogens is 678 g/mol. The molecule has 1 aliphatic rings. The van der Waals surface area contributed by atoms with Crippen molar-refractivity contribution in [1.29, 1.82) is 0 Å². The van der Waals surface area contributed by atoms with Crippen molar-refractivity contribution < 1.29 is 34.5 Å². The Kier molecular flexibility index (Phi) is 16.4. The molecular formula is C39H55N7O7. The van der Waals surface area contributed by atoms with E-state index in [1.54, 1.807) is 18.3 Å². The lowest BCUT2D eigenvalue weighted by Crippen LogP contribution is -2.59. The van der Waals surface area contributed by atoms with Crippen LogP contribution in [0.5, 0.6) is 0 Å². The highest BCUT2D eigenvalue weighted by Crippen LogP contribution is 2.30. The molecule has 7 atom stereocenters. The van der Waals surface area contributed by atoms with Crippen LogP contribution in [0.25, 0.3) is 0 Å². The third-order valence-electron chi connectivity index (χ3n) is 10.2. The Morgan fingerprint density at radius 3 is 2.26 bits per heavy atom. The van der Waals surface area contributed by atoms with E-state index in [0.717, 1.165) is 37.7 Å². The Morgan fingerprint density at radius 2 is 1.62 bits per heavy atom. The molecule has 4 rings (SSSR count). The predicted molar refractivity (Wildman–Crippen MR) is 198 cm³/mol. The molecule has 14 heteroatoms. The summed E-state index contributed by atoms with van der Waals surface area (Å²) in [6.07, 6.45) is 7.18. The van der Waals surface area contributed by atoms with Gasteiger partial charge in [-0.1, -0.05) is 88.8 Å². The summed E-state index contributed by atoms with van der Waals surface area (Å²) in [5.74, 6) is -3.72. The number of hydrogen-bond acceptors (Lipinski definition) is 9. The van der Waals surface area contributed by atoms with E-state index in [0.29, 0.717) is 24.2 Å². The van der Waals surface area contributed by atoms with Gasteiger partial charge in [0.1, 0.15) is 24.8 Å². The van der Waals surface area contributed by atoms with Gasteiger partial charge in [-0.05, 0) is 42.4 Å². The number of aromatic nitrogens is 3. The van der Waals surface area contributed by atoms with E-state index in [4.69, 9.17) is 0 Å². The molecule has 0 aliphatic heterocycles. The van der Waals surface area contributed by atoms with Crippen LogP contribution in [0.2, 0.25) is 0 Å². The van der Waals surface area contributed by atoms with Gasteiger partial charge in [0.15, 0.2) is 0 Å². The Bertz CT molecular complexity index is 1550. The zero-order chi connectivity index (χ0) is 38.2. The lowest BCUT2D eigenvalue weighted by atomic mass is 9.80. The maximum absolute atomic E-state index is 14.2. The summed E-state index contributed by atoms with van der Waals surface area (Å²) in [6, 6.07) is 11.4. The van der Waals surface area contributed by atoms with E-state index < -0.39 is 66.5 Å².